The molecule has 7 heteroatoms. The lowest BCUT2D eigenvalue weighted by molar-refractivity contribution is 0.131. The van der Waals surface area contributed by atoms with Crippen LogP contribution in [0.4, 0.5) is 17.8 Å². The fourth-order valence-electron chi connectivity index (χ4n) is 0.789. The first kappa shape index (κ1) is 9.46. The zero-order chi connectivity index (χ0) is 9.84. The minimum Gasteiger partial charge on any atom is -0.368 e. The van der Waals surface area contributed by atoms with Gasteiger partial charge in [-0.2, -0.15) is 15.0 Å². The Morgan fingerprint density at radius 2 is 1.77 bits per heavy atom. The summed E-state index contributed by atoms with van der Waals surface area (Å²) in [6, 6.07) is 0. The van der Waals surface area contributed by atoms with Crippen molar-refractivity contribution < 1.29 is 4.84 Å². The van der Waals surface area contributed by atoms with Crippen molar-refractivity contribution in [1.82, 2.24) is 15.0 Å². The first-order chi connectivity index (χ1) is 6.13. The van der Waals surface area contributed by atoms with E-state index < -0.39 is 0 Å². The van der Waals surface area contributed by atoms with Crippen molar-refractivity contribution >= 4 is 17.8 Å². The van der Waals surface area contributed by atoms with E-state index in [1.54, 1.807) is 7.05 Å². The Kier molecular flexibility index (Phi) is 2.80. The Balaban J connectivity index is 2.87. The SMILES string of the molecule is CCON(C)c1nc(N)nc(N)n1. The summed E-state index contributed by atoms with van der Waals surface area (Å²) < 4.78 is 0. The maximum Gasteiger partial charge on any atom is 0.256 e. The maximum atomic E-state index is 5.37. The summed E-state index contributed by atoms with van der Waals surface area (Å²) in [6.45, 7) is 2.37. The van der Waals surface area contributed by atoms with Gasteiger partial charge in [0.15, 0.2) is 0 Å². The van der Waals surface area contributed by atoms with Crippen LogP contribution in [0.5, 0.6) is 0 Å². The van der Waals surface area contributed by atoms with Crippen molar-refractivity contribution in [3.8, 4) is 0 Å². The minimum absolute atomic E-state index is 0.0778. The Morgan fingerprint density at radius 3 is 2.23 bits per heavy atom. The number of nitrogens with two attached hydrogens (primary N) is 2. The summed E-state index contributed by atoms with van der Waals surface area (Å²) in [6.07, 6.45) is 0. The van der Waals surface area contributed by atoms with Gasteiger partial charge in [-0.25, -0.2) is 5.06 Å². The summed E-state index contributed by atoms with van der Waals surface area (Å²) in [4.78, 5) is 16.4. The molecule has 0 amide bonds. The van der Waals surface area contributed by atoms with E-state index in [1.807, 2.05) is 6.92 Å². The summed E-state index contributed by atoms with van der Waals surface area (Å²) in [5.41, 5.74) is 10.7. The number of hydrogen-bond donors (Lipinski definition) is 2. The van der Waals surface area contributed by atoms with Crippen LogP contribution in [0.25, 0.3) is 0 Å². The summed E-state index contributed by atoms with van der Waals surface area (Å²) in [5.74, 6) is 0.454. The van der Waals surface area contributed by atoms with Crippen LogP contribution in [0.1, 0.15) is 6.92 Å². The molecular formula is C6H12N6O. The summed E-state index contributed by atoms with van der Waals surface area (Å²) >= 11 is 0. The number of anilines is 3. The second-order valence-electron chi connectivity index (χ2n) is 2.27. The molecule has 0 aliphatic carbocycles. The summed E-state index contributed by atoms with van der Waals surface area (Å²) in [7, 11) is 1.66. The van der Waals surface area contributed by atoms with Gasteiger partial charge < -0.3 is 11.5 Å². The molecule has 1 aromatic heterocycles. The molecule has 7 nitrogen and oxygen atoms in total. The molecule has 0 aromatic carbocycles. The smallest absolute Gasteiger partial charge is 0.256 e. The average Bonchev–Trinajstić information content (AvgIpc) is 2.03. The molecular weight excluding hydrogens is 172 g/mol. The van der Waals surface area contributed by atoms with Crippen LogP contribution in [0, 0.1) is 0 Å². The quantitative estimate of drug-likeness (QED) is 0.606. The van der Waals surface area contributed by atoms with Gasteiger partial charge in [0, 0.05) is 7.05 Å². The first-order valence-electron chi connectivity index (χ1n) is 3.77. The van der Waals surface area contributed by atoms with Crippen molar-refractivity contribution in [2.45, 2.75) is 6.92 Å². The van der Waals surface area contributed by atoms with Crippen LogP contribution in [0.2, 0.25) is 0 Å². The van der Waals surface area contributed by atoms with E-state index in [4.69, 9.17) is 16.3 Å². The molecule has 0 aliphatic rings. The van der Waals surface area contributed by atoms with E-state index in [0.29, 0.717) is 12.6 Å². The van der Waals surface area contributed by atoms with Crippen LogP contribution in [0.3, 0.4) is 0 Å². The highest BCUT2D eigenvalue weighted by Gasteiger charge is 2.06. The van der Waals surface area contributed by atoms with E-state index in [-0.39, 0.29) is 11.9 Å². The van der Waals surface area contributed by atoms with E-state index in [2.05, 4.69) is 15.0 Å². The second-order valence-corrected chi connectivity index (χ2v) is 2.27. The lowest BCUT2D eigenvalue weighted by atomic mass is 10.8. The molecule has 0 saturated heterocycles. The van der Waals surface area contributed by atoms with Gasteiger partial charge in [-0.3, -0.25) is 4.84 Å². The molecule has 1 heterocycles. The number of nitrogens with zero attached hydrogens (tertiary/aromatic N) is 4. The molecule has 0 aliphatic heterocycles. The monoisotopic (exact) mass is 184 g/mol. The normalized spacial score (nSPS) is 10.0. The standard InChI is InChI=1S/C6H12N6O/c1-3-13-12(2)6-10-4(7)9-5(8)11-6/h3H2,1-2H3,(H4,7,8,9,10,11). The zero-order valence-electron chi connectivity index (χ0n) is 7.56. The number of rotatable bonds is 3. The molecule has 0 radical (unpaired) electrons. The third kappa shape index (κ3) is 2.41. The van der Waals surface area contributed by atoms with Crippen LogP contribution >= 0.6 is 0 Å². The van der Waals surface area contributed by atoms with Crippen molar-refractivity contribution in [1.29, 1.82) is 0 Å². The highest BCUT2D eigenvalue weighted by molar-refractivity contribution is 5.36. The molecule has 1 aromatic rings. The molecule has 72 valence electrons. The third-order valence-electron chi connectivity index (χ3n) is 1.26. The highest BCUT2D eigenvalue weighted by atomic mass is 16.7. The van der Waals surface area contributed by atoms with Crippen LogP contribution in [-0.2, 0) is 4.84 Å². The molecule has 1 rings (SSSR count). The highest BCUT2D eigenvalue weighted by Crippen LogP contribution is 2.07. The summed E-state index contributed by atoms with van der Waals surface area (Å²) in [5, 5.41) is 1.38. The number of aromatic nitrogens is 3. The molecule has 0 bridgehead atoms. The van der Waals surface area contributed by atoms with Crippen molar-refractivity contribution in [2.24, 2.45) is 0 Å². The molecule has 0 spiro atoms. The van der Waals surface area contributed by atoms with Gasteiger partial charge in [-0.1, -0.05) is 0 Å². The van der Waals surface area contributed by atoms with E-state index in [1.165, 1.54) is 5.06 Å². The first-order valence-corrected chi connectivity index (χ1v) is 3.77. The molecule has 0 saturated carbocycles. The second kappa shape index (κ2) is 3.85. The Bertz CT molecular complexity index is 270. The van der Waals surface area contributed by atoms with Crippen molar-refractivity contribution in [2.75, 3.05) is 30.2 Å². The Hall–Kier alpha value is -1.63. The lowest BCUT2D eigenvalue weighted by Gasteiger charge is -2.14. The van der Waals surface area contributed by atoms with E-state index in [9.17, 15) is 0 Å². The number of hydroxylamine groups is 1. The van der Waals surface area contributed by atoms with E-state index >= 15 is 0 Å². The average molecular weight is 184 g/mol. The predicted molar refractivity (Wildman–Crippen MR) is 48.7 cm³/mol. The Labute approximate surface area is 75.7 Å². The number of hydrogen-bond acceptors (Lipinski definition) is 7. The van der Waals surface area contributed by atoms with Gasteiger partial charge in [-0.05, 0) is 6.92 Å². The fraction of sp³-hybridized carbons (Fsp3) is 0.500. The van der Waals surface area contributed by atoms with Crippen molar-refractivity contribution in [3.05, 3.63) is 0 Å². The third-order valence-corrected chi connectivity index (χ3v) is 1.26. The van der Waals surface area contributed by atoms with Gasteiger partial charge in [0.25, 0.3) is 5.95 Å². The van der Waals surface area contributed by atoms with Gasteiger partial charge >= 0.3 is 0 Å². The molecule has 13 heavy (non-hydrogen) atoms. The Morgan fingerprint density at radius 1 is 1.23 bits per heavy atom. The van der Waals surface area contributed by atoms with Crippen LogP contribution < -0.4 is 16.5 Å². The van der Waals surface area contributed by atoms with Gasteiger partial charge in [0.05, 0.1) is 6.61 Å². The fourth-order valence-corrected chi connectivity index (χ4v) is 0.789. The molecule has 0 unspecified atom stereocenters. The molecule has 0 fully saturated rings. The molecule has 0 atom stereocenters. The van der Waals surface area contributed by atoms with Crippen LogP contribution in [0.15, 0.2) is 0 Å². The van der Waals surface area contributed by atoms with Gasteiger partial charge in [-0.15, -0.1) is 0 Å². The predicted octanol–water partition coefficient (Wildman–Crippen LogP) is -0.576. The van der Waals surface area contributed by atoms with Crippen LogP contribution in [-0.4, -0.2) is 28.6 Å². The molecule has 4 N–H and O–H groups in total. The van der Waals surface area contributed by atoms with Crippen molar-refractivity contribution in [3.63, 3.8) is 0 Å². The van der Waals surface area contributed by atoms with Gasteiger partial charge in [0.2, 0.25) is 11.9 Å². The largest absolute Gasteiger partial charge is 0.368 e. The van der Waals surface area contributed by atoms with Gasteiger partial charge in [0.1, 0.15) is 0 Å². The lowest BCUT2D eigenvalue weighted by Crippen LogP contribution is -2.21. The zero-order valence-corrected chi connectivity index (χ0v) is 7.56. The topological polar surface area (TPSA) is 103 Å². The maximum absolute atomic E-state index is 5.37. The number of nitrogen functional groups attached to an aromatic ring is 2. The minimum atomic E-state index is 0.0778. The van der Waals surface area contributed by atoms with E-state index in [0.717, 1.165) is 0 Å².